The third-order valence-corrected chi connectivity index (χ3v) is 3.84. The van der Waals surface area contributed by atoms with Crippen molar-refractivity contribution in [3.05, 3.63) is 42.2 Å². The van der Waals surface area contributed by atoms with Crippen LogP contribution in [0.25, 0.3) is 0 Å². The Morgan fingerprint density at radius 3 is 2.90 bits per heavy atom. The van der Waals surface area contributed by atoms with Gasteiger partial charge in [-0.15, -0.1) is 0 Å². The summed E-state index contributed by atoms with van der Waals surface area (Å²) in [5.41, 5.74) is 3.13. The number of aromatic nitrogens is 2. The zero-order valence-corrected chi connectivity index (χ0v) is 12.4. The predicted molar refractivity (Wildman–Crippen MR) is 83.3 cm³/mol. The monoisotopic (exact) mass is 284 g/mol. The minimum atomic E-state index is 0.170. The molecule has 5 nitrogen and oxygen atoms in total. The molecule has 1 atom stereocenters. The van der Waals surface area contributed by atoms with E-state index < -0.39 is 0 Å². The van der Waals surface area contributed by atoms with Gasteiger partial charge in [-0.05, 0) is 31.5 Å². The second-order valence-corrected chi connectivity index (χ2v) is 5.51. The van der Waals surface area contributed by atoms with Gasteiger partial charge >= 0.3 is 0 Å². The highest BCUT2D eigenvalue weighted by Crippen LogP contribution is 2.26. The lowest BCUT2D eigenvalue weighted by Gasteiger charge is -2.19. The zero-order valence-electron chi connectivity index (χ0n) is 12.4. The maximum Gasteiger partial charge on any atom is 0.227 e. The highest BCUT2D eigenvalue weighted by atomic mass is 16.2. The van der Waals surface area contributed by atoms with Crippen LogP contribution in [0.2, 0.25) is 0 Å². The molecule has 1 amide bonds. The second-order valence-electron chi connectivity index (χ2n) is 5.51. The van der Waals surface area contributed by atoms with E-state index in [9.17, 15) is 4.79 Å². The fourth-order valence-corrected chi connectivity index (χ4v) is 2.68. The van der Waals surface area contributed by atoms with Crippen LogP contribution in [0.1, 0.15) is 31.4 Å². The number of carbonyl (C=O) groups is 1. The summed E-state index contributed by atoms with van der Waals surface area (Å²) in [5, 5.41) is 7.65. The molecule has 0 saturated carbocycles. The first-order valence-electron chi connectivity index (χ1n) is 7.29. The van der Waals surface area contributed by atoms with E-state index in [-0.39, 0.29) is 11.9 Å². The summed E-state index contributed by atoms with van der Waals surface area (Å²) in [6, 6.07) is 8.21. The number of anilines is 2. The Morgan fingerprint density at radius 2 is 2.24 bits per heavy atom. The van der Waals surface area contributed by atoms with E-state index in [4.69, 9.17) is 0 Å². The Labute approximate surface area is 124 Å². The molecular formula is C16H20N4O. The second kappa shape index (κ2) is 5.60. The smallest absolute Gasteiger partial charge is 0.227 e. The van der Waals surface area contributed by atoms with Gasteiger partial charge in [0.05, 0.1) is 12.2 Å². The first kappa shape index (κ1) is 13.7. The topological polar surface area (TPSA) is 50.2 Å². The standard InChI is InChI=1S/C16H20N4O/c1-12(13-10-17-19(2)11-13)18-14-5-3-6-15(9-14)20-8-4-7-16(20)21/h3,5-6,9-12,18H,4,7-8H2,1-2H3. The largest absolute Gasteiger partial charge is 0.378 e. The maximum atomic E-state index is 11.8. The van der Waals surface area contributed by atoms with E-state index in [0.29, 0.717) is 6.42 Å². The Hall–Kier alpha value is -2.30. The predicted octanol–water partition coefficient (Wildman–Crippen LogP) is 2.72. The number of nitrogens with one attached hydrogen (secondary N) is 1. The van der Waals surface area contributed by atoms with Crippen molar-refractivity contribution in [3.8, 4) is 0 Å². The van der Waals surface area contributed by atoms with Crippen molar-refractivity contribution in [2.75, 3.05) is 16.8 Å². The summed E-state index contributed by atoms with van der Waals surface area (Å²) in [5.74, 6) is 0.215. The summed E-state index contributed by atoms with van der Waals surface area (Å²) in [7, 11) is 1.91. The molecule has 21 heavy (non-hydrogen) atoms. The quantitative estimate of drug-likeness (QED) is 0.939. The third kappa shape index (κ3) is 2.91. The van der Waals surface area contributed by atoms with Crippen molar-refractivity contribution < 1.29 is 4.79 Å². The summed E-state index contributed by atoms with van der Waals surface area (Å²) in [4.78, 5) is 13.7. The molecule has 5 heteroatoms. The number of amides is 1. The van der Waals surface area contributed by atoms with Crippen LogP contribution in [-0.4, -0.2) is 22.2 Å². The summed E-state index contributed by atoms with van der Waals surface area (Å²) in [6.07, 6.45) is 5.48. The van der Waals surface area contributed by atoms with Gasteiger partial charge in [-0.1, -0.05) is 6.07 Å². The van der Waals surface area contributed by atoms with Gasteiger partial charge < -0.3 is 10.2 Å². The van der Waals surface area contributed by atoms with Gasteiger partial charge in [0.15, 0.2) is 0 Å². The van der Waals surface area contributed by atoms with Crippen molar-refractivity contribution >= 4 is 17.3 Å². The summed E-state index contributed by atoms with van der Waals surface area (Å²) >= 11 is 0. The van der Waals surface area contributed by atoms with E-state index in [1.54, 1.807) is 4.68 Å². The number of nitrogens with zero attached hydrogens (tertiary/aromatic N) is 3. The Balaban J connectivity index is 1.75. The third-order valence-electron chi connectivity index (χ3n) is 3.84. The molecule has 1 fully saturated rings. The van der Waals surface area contributed by atoms with Crippen molar-refractivity contribution in [3.63, 3.8) is 0 Å². The van der Waals surface area contributed by atoms with Crippen LogP contribution in [0.5, 0.6) is 0 Å². The normalized spacial score (nSPS) is 16.3. The van der Waals surface area contributed by atoms with Crippen molar-refractivity contribution in [1.82, 2.24) is 9.78 Å². The molecule has 0 aliphatic carbocycles. The minimum absolute atomic E-state index is 0.170. The number of hydrogen-bond donors (Lipinski definition) is 1. The van der Waals surface area contributed by atoms with Crippen molar-refractivity contribution in [2.24, 2.45) is 7.05 Å². The number of carbonyl (C=O) groups excluding carboxylic acids is 1. The molecule has 3 rings (SSSR count). The van der Waals surface area contributed by atoms with Crippen LogP contribution < -0.4 is 10.2 Å². The van der Waals surface area contributed by atoms with E-state index in [1.807, 2.05) is 48.6 Å². The number of hydrogen-bond acceptors (Lipinski definition) is 3. The van der Waals surface area contributed by atoms with E-state index >= 15 is 0 Å². The summed E-state index contributed by atoms with van der Waals surface area (Å²) < 4.78 is 1.80. The van der Waals surface area contributed by atoms with Crippen LogP contribution in [-0.2, 0) is 11.8 Å². The zero-order chi connectivity index (χ0) is 14.8. The lowest BCUT2D eigenvalue weighted by molar-refractivity contribution is -0.117. The molecule has 2 heterocycles. The molecule has 1 unspecified atom stereocenters. The van der Waals surface area contributed by atoms with Crippen LogP contribution >= 0.6 is 0 Å². The number of rotatable bonds is 4. The van der Waals surface area contributed by atoms with Gasteiger partial charge in [-0.25, -0.2) is 0 Å². The average Bonchev–Trinajstić information content (AvgIpc) is 3.08. The van der Waals surface area contributed by atoms with Gasteiger partial charge in [-0.3, -0.25) is 9.48 Å². The lowest BCUT2D eigenvalue weighted by Crippen LogP contribution is -2.23. The van der Waals surface area contributed by atoms with Crippen LogP contribution in [0.4, 0.5) is 11.4 Å². The molecular weight excluding hydrogens is 264 g/mol. The van der Waals surface area contributed by atoms with Gasteiger partial charge in [-0.2, -0.15) is 5.10 Å². The maximum absolute atomic E-state index is 11.8. The molecule has 1 aromatic carbocycles. The van der Waals surface area contributed by atoms with Crippen molar-refractivity contribution in [1.29, 1.82) is 0 Å². The fourth-order valence-electron chi connectivity index (χ4n) is 2.68. The molecule has 0 spiro atoms. The Bertz CT molecular complexity index is 649. The SMILES string of the molecule is CC(Nc1cccc(N2CCCC2=O)c1)c1cnn(C)c1. The van der Waals surface area contributed by atoms with Gasteiger partial charge in [0.2, 0.25) is 5.91 Å². The van der Waals surface area contributed by atoms with Crippen LogP contribution in [0, 0.1) is 0 Å². The van der Waals surface area contributed by atoms with Crippen LogP contribution in [0.15, 0.2) is 36.7 Å². The van der Waals surface area contributed by atoms with Gasteiger partial charge in [0.25, 0.3) is 0 Å². The Morgan fingerprint density at radius 1 is 1.38 bits per heavy atom. The minimum Gasteiger partial charge on any atom is -0.378 e. The highest BCUT2D eigenvalue weighted by Gasteiger charge is 2.21. The number of aryl methyl sites for hydroxylation is 1. The molecule has 110 valence electrons. The molecule has 1 N–H and O–H groups in total. The lowest BCUT2D eigenvalue weighted by atomic mass is 10.1. The first-order chi connectivity index (χ1) is 10.1. The Kier molecular flexibility index (Phi) is 3.64. The highest BCUT2D eigenvalue weighted by molar-refractivity contribution is 5.95. The molecule has 1 aliphatic heterocycles. The molecule has 1 aliphatic rings. The van der Waals surface area contributed by atoms with E-state index in [1.165, 1.54) is 0 Å². The number of benzene rings is 1. The molecule has 1 saturated heterocycles. The van der Waals surface area contributed by atoms with E-state index in [2.05, 4.69) is 17.3 Å². The molecule has 2 aromatic rings. The van der Waals surface area contributed by atoms with Crippen LogP contribution in [0.3, 0.4) is 0 Å². The molecule has 1 aromatic heterocycles. The first-order valence-corrected chi connectivity index (χ1v) is 7.29. The van der Waals surface area contributed by atoms with Gasteiger partial charge in [0.1, 0.15) is 0 Å². The average molecular weight is 284 g/mol. The fraction of sp³-hybridized carbons (Fsp3) is 0.375. The summed E-state index contributed by atoms with van der Waals surface area (Å²) in [6.45, 7) is 2.92. The molecule has 0 bridgehead atoms. The van der Waals surface area contributed by atoms with Crippen molar-refractivity contribution in [2.45, 2.75) is 25.8 Å². The molecule has 0 radical (unpaired) electrons. The van der Waals surface area contributed by atoms with Gasteiger partial charge in [0, 0.05) is 43.1 Å². The van der Waals surface area contributed by atoms with E-state index in [0.717, 1.165) is 29.9 Å².